The fraction of sp³-hybridized carbons (Fsp3) is 0.269. The van der Waals surface area contributed by atoms with Crippen molar-refractivity contribution in [2.75, 3.05) is 23.8 Å². The molecule has 0 bridgehead atoms. The molecule has 176 valence electrons. The Morgan fingerprint density at radius 2 is 2.09 bits per heavy atom. The van der Waals surface area contributed by atoms with E-state index < -0.39 is 17.4 Å². The second-order valence-electron chi connectivity index (χ2n) is 8.90. The molecule has 0 aliphatic carbocycles. The largest absolute Gasteiger partial charge is 0.464 e. The minimum absolute atomic E-state index is 0.132. The molecule has 0 amide bonds. The lowest BCUT2D eigenvalue weighted by Crippen LogP contribution is -2.36. The quantitative estimate of drug-likeness (QED) is 0.463. The predicted molar refractivity (Wildman–Crippen MR) is 132 cm³/mol. The maximum absolute atomic E-state index is 12.0. The van der Waals surface area contributed by atoms with Gasteiger partial charge in [0.25, 0.3) is 0 Å². The molecular weight excluding hydrogens is 442 g/mol. The number of ether oxygens (including phenoxy) is 1. The summed E-state index contributed by atoms with van der Waals surface area (Å²) in [7, 11) is 0. The molecule has 2 aromatic carbocycles. The van der Waals surface area contributed by atoms with E-state index in [1.165, 1.54) is 0 Å². The van der Waals surface area contributed by atoms with Gasteiger partial charge in [0, 0.05) is 29.4 Å². The highest BCUT2D eigenvalue weighted by Crippen LogP contribution is 2.41. The van der Waals surface area contributed by atoms with Gasteiger partial charge >= 0.3 is 5.97 Å². The van der Waals surface area contributed by atoms with E-state index in [0.29, 0.717) is 29.3 Å². The topological polar surface area (TPSA) is 150 Å². The highest BCUT2D eigenvalue weighted by molar-refractivity contribution is 5.78. The van der Waals surface area contributed by atoms with Crippen LogP contribution in [0.5, 0.6) is 0 Å². The van der Waals surface area contributed by atoms with E-state index in [2.05, 4.69) is 32.7 Å². The number of nitriles is 2. The van der Waals surface area contributed by atoms with E-state index in [-0.39, 0.29) is 6.61 Å². The van der Waals surface area contributed by atoms with E-state index in [0.717, 1.165) is 28.1 Å². The highest BCUT2D eigenvalue weighted by Gasteiger charge is 2.38. The average molecular weight is 468 g/mol. The second-order valence-corrected chi connectivity index (χ2v) is 8.90. The number of rotatable bonds is 6. The summed E-state index contributed by atoms with van der Waals surface area (Å²) in [4.78, 5) is 20.9. The van der Waals surface area contributed by atoms with Crippen LogP contribution in [0.1, 0.15) is 36.1 Å². The van der Waals surface area contributed by atoms with E-state index in [4.69, 9.17) is 10.5 Å². The Morgan fingerprint density at radius 3 is 2.80 bits per heavy atom. The third kappa shape index (κ3) is 4.77. The molecule has 9 nitrogen and oxygen atoms in total. The number of fused-ring (bicyclic) bond motifs is 1. The van der Waals surface area contributed by atoms with Gasteiger partial charge in [0.15, 0.2) is 0 Å². The van der Waals surface area contributed by atoms with Crippen LogP contribution in [-0.4, -0.2) is 35.1 Å². The van der Waals surface area contributed by atoms with Crippen LogP contribution in [0.2, 0.25) is 0 Å². The number of carbonyl (C=O) groups excluding carboxylic acids is 1. The predicted octanol–water partition coefficient (Wildman–Crippen LogP) is 3.51. The molecule has 3 aromatic rings. The van der Waals surface area contributed by atoms with Gasteiger partial charge in [-0.3, -0.25) is 4.79 Å². The van der Waals surface area contributed by atoms with Crippen molar-refractivity contribution < 1.29 is 9.53 Å². The number of nitrogens with two attached hydrogens (primary N) is 1. The summed E-state index contributed by atoms with van der Waals surface area (Å²) in [6, 6.07) is 14.5. The lowest BCUT2D eigenvalue weighted by molar-refractivity contribution is -0.146. The summed E-state index contributed by atoms with van der Waals surface area (Å²) in [5.41, 5.74) is 10.7. The average Bonchev–Trinajstić information content (AvgIpc) is 3.20. The number of carbonyl (C=O) groups is 1. The van der Waals surface area contributed by atoms with Gasteiger partial charge in [-0.25, -0.2) is 9.97 Å². The molecule has 0 saturated carbocycles. The van der Waals surface area contributed by atoms with Crippen LogP contribution in [-0.2, 0) is 14.9 Å². The zero-order valence-electron chi connectivity index (χ0n) is 19.7. The number of anilines is 3. The fourth-order valence-electron chi connectivity index (χ4n) is 3.94. The SMILES string of the molecule is Cc1ccc(C#N)cc1Nc1nccc(-c2cc(C#N)c3c(c2)C(C)(COC(=O)[C@H](C)N)CN3)n1. The fourth-order valence-corrected chi connectivity index (χ4v) is 3.94. The minimum atomic E-state index is -0.710. The van der Waals surface area contributed by atoms with Gasteiger partial charge in [0.1, 0.15) is 18.7 Å². The van der Waals surface area contributed by atoms with Crippen molar-refractivity contribution in [2.24, 2.45) is 5.73 Å². The van der Waals surface area contributed by atoms with Crippen LogP contribution < -0.4 is 16.4 Å². The first-order chi connectivity index (χ1) is 16.7. The molecule has 2 heterocycles. The molecule has 4 N–H and O–H groups in total. The van der Waals surface area contributed by atoms with E-state index in [1.54, 1.807) is 37.4 Å². The summed E-state index contributed by atoms with van der Waals surface area (Å²) in [6.45, 7) is 6.13. The Balaban J connectivity index is 1.69. The molecule has 1 aliphatic heterocycles. The number of hydrogen-bond donors (Lipinski definition) is 3. The molecule has 35 heavy (non-hydrogen) atoms. The first kappa shape index (κ1) is 23.7. The molecular formula is C26H25N7O2. The molecule has 4 rings (SSSR count). The molecule has 1 unspecified atom stereocenters. The number of nitrogens with one attached hydrogen (secondary N) is 2. The first-order valence-electron chi connectivity index (χ1n) is 11.1. The second kappa shape index (κ2) is 9.41. The molecule has 1 aliphatic rings. The molecule has 0 radical (unpaired) electrons. The van der Waals surface area contributed by atoms with E-state index >= 15 is 0 Å². The first-order valence-corrected chi connectivity index (χ1v) is 11.1. The lowest BCUT2D eigenvalue weighted by atomic mass is 9.83. The summed E-state index contributed by atoms with van der Waals surface area (Å²) in [5.74, 6) is -0.106. The van der Waals surface area contributed by atoms with Crippen LogP contribution in [0.25, 0.3) is 11.3 Å². The summed E-state index contributed by atoms with van der Waals surface area (Å²) < 4.78 is 5.44. The number of aromatic nitrogens is 2. The van der Waals surface area contributed by atoms with Crippen molar-refractivity contribution in [1.82, 2.24) is 9.97 Å². The van der Waals surface area contributed by atoms with Crippen molar-refractivity contribution in [3.8, 4) is 23.4 Å². The summed E-state index contributed by atoms with van der Waals surface area (Å²) in [6.07, 6.45) is 1.63. The van der Waals surface area contributed by atoms with Gasteiger partial charge in [0.2, 0.25) is 5.95 Å². The van der Waals surface area contributed by atoms with Gasteiger partial charge < -0.3 is 21.1 Å². The Bertz CT molecular complexity index is 1390. The molecule has 0 spiro atoms. The Labute approximate surface area is 203 Å². The van der Waals surface area contributed by atoms with Crippen LogP contribution in [0.3, 0.4) is 0 Å². The zero-order chi connectivity index (χ0) is 25.2. The number of benzene rings is 2. The third-order valence-electron chi connectivity index (χ3n) is 6.03. The molecule has 1 aromatic heterocycles. The number of esters is 1. The van der Waals surface area contributed by atoms with E-state index in [9.17, 15) is 15.3 Å². The molecule has 2 atom stereocenters. The molecule has 0 fully saturated rings. The van der Waals surface area contributed by atoms with Crippen molar-refractivity contribution in [2.45, 2.75) is 32.2 Å². The van der Waals surface area contributed by atoms with E-state index in [1.807, 2.05) is 26.0 Å². The van der Waals surface area contributed by atoms with Gasteiger partial charge in [-0.2, -0.15) is 10.5 Å². The minimum Gasteiger partial charge on any atom is -0.464 e. The number of nitrogens with zero attached hydrogens (tertiary/aromatic N) is 4. The monoisotopic (exact) mass is 467 g/mol. The van der Waals surface area contributed by atoms with Crippen molar-refractivity contribution >= 4 is 23.3 Å². The summed E-state index contributed by atoms with van der Waals surface area (Å²) in [5, 5.41) is 25.5. The van der Waals surface area contributed by atoms with Crippen molar-refractivity contribution in [3.63, 3.8) is 0 Å². The maximum atomic E-state index is 12.0. The molecule has 0 saturated heterocycles. The number of hydrogen-bond acceptors (Lipinski definition) is 9. The molecule has 9 heteroatoms. The maximum Gasteiger partial charge on any atom is 0.322 e. The van der Waals surface area contributed by atoms with Crippen LogP contribution in [0, 0.1) is 29.6 Å². The van der Waals surface area contributed by atoms with Crippen molar-refractivity contribution in [1.29, 1.82) is 10.5 Å². The standard InChI is InChI=1S/C26H25N7O2/c1-15-4-5-17(11-27)8-22(15)33-25-30-7-6-21(32-25)18-9-19(12-28)23-20(10-18)26(3,13-31-23)14-35-24(34)16(2)29/h4-10,16,31H,13-14,29H2,1-3H3,(H,30,32,33)/t16-,26?/m0/s1. The van der Waals surface area contributed by atoms with Crippen LogP contribution in [0.15, 0.2) is 42.6 Å². The van der Waals surface area contributed by atoms with Crippen LogP contribution in [0.4, 0.5) is 17.3 Å². The number of aryl methyl sites for hydroxylation is 1. The smallest absolute Gasteiger partial charge is 0.322 e. The Kier molecular flexibility index (Phi) is 6.37. The van der Waals surface area contributed by atoms with Gasteiger partial charge in [-0.05, 0) is 55.3 Å². The third-order valence-corrected chi connectivity index (χ3v) is 6.03. The Morgan fingerprint density at radius 1 is 1.29 bits per heavy atom. The normalized spacial score (nSPS) is 16.9. The zero-order valence-corrected chi connectivity index (χ0v) is 19.7. The highest BCUT2D eigenvalue weighted by atomic mass is 16.5. The Hall–Kier alpha value is -4.47. The van der Waals surface area contributed by atoms with Gasteiger partial charge in [0.05, 0.1) is 28.6 Å². The van der Waals surface area contributed by atoms with Gasteiger partial charge in [-0.1, -0.05) is 13.0 Å². The van der Waals surface area contributed by atoms with Crippen LogP contribution >= 0.6 is 0 Å². The van der Waals surface area contributed by atoms with Gasteiger partial charge in [-0.15, -0.1) is 0 Å². The van der Waals surface area contributed by atoms with Crippen molar-refractivity contribution in [3.05, 3.63) is 64.8 Å². The summed E-state index contributed by atoms with van der Waals surface area (Å²) >= 11 is 0. The lowest BCUT2D eigenvalue weighted by Gasteiger charge is -2.24.